The summed E-state index contributed by atoms with van der Waals surface area (Å²) < 4.78 is 11.4. The third-order valence-electron chi connectivity index (χ3n) is 6.05. The van der Waals surface area contributed by atoms with Crippen molar-refractivity contribution in [2.75, 3.05) is 25.0 Å². The predicted molar refractivity (Wildman–Crippen MR) is 136 cm³/mol. The third-order valence-corrected chi connectivity index (χ3v) is 6.91. The van der Waals surface area contributed by atoms with Gasteiger partial charge in [-0.2, -0.15) is 4.98 Å². The summed E-state index contributed by atoms with van der Waals surface area (Å²) >= 11 is 1.58. The second-order valence-corrected chi connectivity index (χ2v) is 9.61. The van der Waals surface area contributed by atoms with Crippen molar-refractivity contribution in [3.8, 4) is 16.5 Å². The maximum Gasteiger partial charge on any atom is 0.241 e. The number of benzene rings is 2. The summed E-state index contributed by atoms with van der Waals surface area (Å²) in [6, 6.07) is 21.8. The summed E-state index contributed by atoms with van der Waals surface area (Å²) in [7, 11) is 0. The number of carbonyl (C=O) groups excluding carboxylic acids is 1. The Bertz CT molecular complexity index is 1230. The Morgan fingerprint density at radius 1 is 1.14 bits per heavy atom. The number of anilines is 1. The molecule has 0 aliphatic carbocycles. The van der Waals surface area contributed by atoms with Crippen molar-refractivity contribution in [1.82, 2.24) is 15.0 Å². The van der Waals surface area contributed by atoms with E-state index in [2.05, 4.69) is 32.5 Å². The second kappa shape index (κ2) is 11.3. The van der Waals surface area contributed by atoms with Crippen molar-refractivity contribution in [2.45, 2.75) is 25.8 Å². The van der Waals surface area contributed by atoms with Crippen LogP contribution in [0.5, 0.6) is 5.75 Å². The maximum atomic E-state index is 13.0. The van der Waals surface area contributed by atoms with E-state index in [4.69, 9.17) is 9.26 Å². The number of hydrogen-bond acceptors (Lipinski definition) is 7. The molecule has 180 valence electrons. The van der Waals surface area contributed by atoms with Crippen LogP contribution in [0.4, 0.5) is 5.69 Å². The summed E-state index contributed by atoms with van der Waals surface area (Å²) in [6.07, 6.45) is 2.65. The van der Waals surface area contributed by atoms with Crippen molar-refractivity contribution in [3.05, 3.63) is 83.6 Å². The fourth-order valence-corrected chi connectivity index (χ4v) is 4.92. The van der Waals surface area contributed by atoms with Crippen molar-refractivity contribution in [1.29, 1.82) is 0 Å². The number of carbonyl (C=O) groups is 1. The van der Waals surface area contributed by atoms with Crippen molar-refractivity contribution in [2.24, 2.45) is 5.92 Å². The van der Waals surface area contributed by atoms with Crippen LogP contribution in [-0.2, 0) is 17.8 Å². The zero-order chi connectivity index (χ0) is 23.9. The number of likely N-dealkylation sites (tertiary alicyclic amines) is 1. The number of amides is 1. The van der Waals surface area contributed by atoms with E-state index in [-0.39, 0.29) is 11.8 Å². The molecule has 5 rings (SSSR count). The number of nitrogens with zero attached hydrogens (tertiary/aromatic N) is 3. The van der Waals surface area contributed by atoms with E-state index in [1.165, 1.54) is 5.56 Å². The van der Waals surface area contributed by atoms with Gasteiger partial charge in [-0.25, -0.2) is 0 Å². The number of nitrogens with one attached hydrogen (secondary N) is 1. The second-order valence-electron chi connectivity index (χ2n) is 8.66. The van der Waals surface area contributed by atoms with Crippen LogP contribution in [0.15, 0.2) is 76.6 Å². The van der Waals surface area contributed by atoms with Gasteiger partial charge >= 0.3 is 0 Å². The lowest BCUT2D eigenvalue weighted by Crippen LogP contribution is -2.40. The van der Waals surface area contributed by atoms with Gasteiger partial charge in [0.05, 0.1) is 23.9 Å². The molecule has 1 N–H and O–H groups in total. The molecule has 1 amide bonds. The first-order valence-corrected chi connectivity index (χ1v) is 12.8. The monoisotopic (exact) mass is 488 g/mol. The molecule has 1 atom stereocenters. The molecule has 1 fully saturated rings. The Morgan fingerprint density at radius 3 is 2.91 bits per heavy atom. The predicted octanol–water partition coefficient (Wildman–Crippen LogP) is 5.27. The summed E-state index contributed by atoms with van der Waals surface area (Å²) in [6.45, 7) is 2.71. The molecule has 0 spiro atoms. The first kappa shape index (κ1) is 23.3. The fraction of sp³-hybridized carbons (Fsp3) is 0.296. The molecule has 0 saturated carbocycles. The molecular formula is C27H28N4O3S. The standard InChI is InChI=1S/C27H28N4O3S/c32-27(28-22-10-4-11-23(17-22)33-15-13-20-7-2-1-3-8-20)21-9-5-14-31(18-21)19-25-29-26(30-34-25)24-12-6-16-35-24/h1-4,6-8,10-12,16-17,21H,5,9,13-15,18-19H2,(H,28,32). The number of ether oxygens (including phenoxy) is 1. The molecule has 1 unspecified atom stereocenters. The molecule has 0 radical (unpaired) electrons. The largest absolute Gasteiger partial charge is 0.493 e. The topological polar surface area (TPSA) is 80.5 Å². The average Bonchev–Trinajstić information content (AvgIpc) is 3.58. The number of thiophene rings is 1. The average molecular weight is 489 g/mol. The molecule has 2 aromatic heterocycles. The van der Waals surface area contributed by atoms with Crippen LogP contribution in [0.2, 0.25) is 0 Å². The van der Waals surface area contributed by atoms with Gasteiger partial charge in [0.1, 0.15) is 5.75 Å². The Labute approximate surface area is 208 Å². The Morgan fingerprint density at radius 2 is 2.06 bits per heavy atom. The number of hydrogen-bond donors (Lipinski definition) is 1. The first-order valence-electron chi connectivity index (χ1n) is 11.9. The van der Waals surface area contributed by atoms with Gasteiger partial charge in [0.2, 0.25) is 17.6 Å². The van der Waals surface area contributed by atoms with Gasteiger partial charge < -0.3 is 14.6 Å². The van der Waals surface area contributed by atoms with E-state index < -0.39 is 0 Å². The van der Waals surface area contributed by atoms with E-state index in [9.17, 15) is 4.79 Å². The van der Waals surface area contributed by atoms with Gasteiger partial charge in [-0.1, -0.05) is 47.6 Å². The minimum atomic E-state index is -0.0916. The third kappa shape index (κ3) is 6.35. The smallest absolute Gasteiger partial charge is 0.241 e. The lowest BCUT2D eigenvalue weighted by atomic mass is 9.97. The summed E-state index contributed by atoms with van der Waals surface area (Å²) in [5, 5.41) is 9.15. The minimum absolute atomic E-state index is 0.0286. The highest BCUT2D eigenvalue weighted by molar-refractivity contribution is 7.13. The van der Waals surface area contributed by atoms with Gasteiger partial charge in [-0.05, 0) is 48.5 Å². The highest BCUT2D eigenvalue weighted by Gasteiger charge is 2.27. The Balaban J connectivity index is 1.12. The van der Waals surface area contributed by atoms with E-state index in [0.29, 0.717) is 31.4 Å². The lowest BCUT2D eigenvalue weighted by Gasteiger charge is -2.30. The highest BCUT2D eigenvalue weighted by Crippen LogP contribution is 2.24. The van der Waals surface area contributed by atoms with E-state index in [1.54, 1.807) is 11.3 Å². The van der Waals surface area contributed by atoms with E-state index in [0.717, 1.165) is 42.1 Å². The molecule has 1 saturated heterocycles. The lowest BCUT2D eigenvalue weighted by molar-refractivity contribution is -0.121. The summed E-state index contributed by atoms with van der Waals surface area (Å²) in [5.74, 6) is 1.89. The highest BCUT2D eigenvalue weighted by atomic mass is 32.1. The molecule has 2 aromatic carbocycles. The van der Waals surface area contributed by atoms with Crippen LogP contribution in [0.1, 0.15) is 24.3 Å². The van der Waals surface area contributed by atoms with Crippen LogP contribution in [0, 0.1) is 5.92 Å². The summed E-state index contributed by atoms with van der Waals surface area (Å²) in [4.78, 5) is 20.7. The SMILES string of the molecule is O=C(Nc1cccc(OCCc2ccccc2)c1)C1CCCN(Cc2nc(-c3cccs3)no2)C1. The Kier molecular flexibility index (Phi) is 7.50. The molecule has 1 aliphatic rings. The van der Waals surface area contributed by atoms with E-state index >= 15 is 0 Å². The Hall–Kier alpha value is -3.49. The first-order chi connectivity index (χ1) is 17.2. The zero-order valence-electron chi connectivity index (χ0n) is 19.4. The molecule has 4 aromatic rings. The summed E-state index contributed by atoms with van der Waals surface area (Å²) in [5.41, 5.74) is 1.99. The number of rotatable bonds is 9. The minimum Gasteiger partial charge on any atom is -0.493 e. The van der Waals surface area contributed by atoms with E-state index in [1.807, 2.05) is 60.0 Å². The molecule has 1 aliphatic heterocycles. The molecule has 0 bridgehead atoms. The van der Waals surface area contributed by atoms with Gasteiger partial charge in [0.25, 0.3) is 0 Å². The fourth-order valence-electron chi connectivity index (χ4n) is 4.27. The number of aromatic nitrogens is 2. The molecular weight excluding hydrogens is 460 g/mol. The van der Waals surface area contributed by atoms with Gasteiger partial charge in [-0.15, -0.1) is 11.3 Å². The van der Waals surface area contributed by atoms with Gasteiger partial charge in [-0.3, -0.25) is 9.69 Å². The van der Waals surface area contributed by atoms with Crippen LogP contribution in [-0.4, -0.2) is 40.6 Å². The van der Waals surface area contributed by atoms with Gasteiger partial charge in [0, 0.05) is 24.7 Å². The van der Waals surface area contributed by atoms with Crippen molar-refractivity contribution < 1.29 is 14.1 Å². The van der Waals surface area contributed by atoms with Crippen LogP contribution in [0.25, 0.3) is 10.7 Å². The zero-order valence-corrected chi connectivity index (χ0v) is 20.2. The van der Waals surface area contributed by atoms with Crippen LogP contribution >= 0.6 is 11.3 Å². The van der Waals surface area contributed by atoms with Crippen LogP contribution in [0.3, 0.4) is 0 Å². The molecule has 8 heteroatoms. The maximum absolute atomic E-state index is 13.0. The van der Waals surface area contributed by atoms with Gasteiger partial charge in [0.15, 0.2) is 0 Å². The van der Waals surface area contributed by atoms with Crippen molar-refractivity contribution >= 4 is 22.9 Å². The quantitative estimate of drug-likeness (QED) is 0.346. The van der Waals surface area contributed by atoms with Crippen molar-refractivity contribution in [3.63, 3.8) is 0 Å². The molecule has 3 heterocycles. The number of piperidine rings is 1. The molecule has 7 nitrogen and oxygen atoms in total. The molecule has 35 heavy (non-hydrogen) atoms. The van der Waals surface area contributed by atoms with Crippen LogP contribution < -0.4 is 10.1 Å². The normalized spacial score (nSPS) is 16.2.